The van der Waals surface area contributed by atoms with E-state index in [4.69, 9.17) is 0 Å². The van der Waals surface area contributed by atoms with Crippen molar-refractivity contribution < 1.29 is 9.90 Å². The number of benzene rings is 1. The van der Waals surface area contributed by atoms with Crippen LogP contribution in [0.15, 0.2) is 35.1 Å². The molecule has 0 radical (unpaired) electrons. The normalized spacial score (nSPS) is 11.0. The smallest absolute Gasteiger partial charge is 0.323 e. The van der Waals surface area contributed by atoms with Crippen LogP contribution < -0.4 is 5.56 Å². The lowest BCUT2D eigenvalue weighted by atomic mass is 10.1. The number of thiophene rings is 1. The molecule has 5 nitrogen and oxygen atoms in total. The minimum absolute atomic E-state index is 0.299. The van der Waals surface area contributed by atoms with Crippen LogP contribution >= 0.6 is 11.3 Å². The van der Waals surface area contributed by atoms with Gasteiger partial charge in [0.1, 0.15) is 17.2 Å². The number of aliphatic carboxylic acids is 1. The van der Waals surface area contributed by atoms with Crippen molar-refractivity contribution in [1.29, 1.82) is 0 Å². The average molecular weight is 328 g/mol. The van der Waals surface area contributed by atoms with E-state index in [0.29, 0.717) is 16.0 Å². The summed E-state index contributed by atoms with van der Waals surface area (Å²) in [4.78, 5) is 30.3. The third kappa shape index (κ3) is 2.77. The van der Waals surface area contributed by atoms with Gasteiger partial charge in [-0.1, -0.05) is 31.2 Å². The van der Waals surface area contributed by atoms with E-state index in [1.54, 1.807) is 0 Å². The van der Waals surface area contributed by atoms with Crippen molar-refractivity contribution in [3.8, 4) is 11.4 Å². The van der Waals surface area contributed by atoms with Gasteiger partial charge >= 0.3 is 5.97 Å². The Kier molecular flexibility index (Phi) is 4.00. The number of aromatic nitrogens is 2. The molecular formula is C17H16N2O3S. The first-order valence-corrected chi connectivity index (χ1v) is 8.14. The molecule has 0 bridgehead atoms. The van der Waals surface area contributed by atoms with Crippen LogP contribution in [0, 0.1) is 6.92 Å². The van der Waals surface area contributed by atoms with Crippen LogP contribution in [0.1, 0.15) is 17.4 Å². The molecule has 23 heavy (non-hydrogen) atoms. The number of carboxylic acid groups (broad SMARTS) is 1. The molecule has 0 amide bonds. The number of hydrogen-bond acceptors (Lipinski definition) is 4. The van der Waals surface area contributed by atoms with Gasteiger partial charge in [0, 0.05) is 10.4 Å². The highest BCUT2D eigenvalue weighted by Gasteiger charge is 2.17. The molecule has 0 atom stereocenters. The molecule has 118 valence electrons. The van der Waals surface area contributed by atoms with Crippen molar-refractivity contribution in [2.24, 2.45) is 0 Å². The summed E-state index contributed by atoms with van der Waals surface area (Å²) in [7, 11) is 0. The number of rotatable bonds is 4. The zero-order valence-corrected chi connectivity index (χ0v) is 13.7. The van der Waals surface area contributed by atoms with Crippen molar-refractivity contribution in [2.75, 3.05) is 0 Å². The highest BCUT2D eigenvalue weighted by molar-refractivity contribution is 7.18. The van der Waals surface area contributed by atoms with Crippen molar-refractivity contribution in [1.82, 2.24) is 9.55 Å². The predicted octanol–water partition coefficient (Wildman–Crippen LogP) is 3.08. The minimum Gasteiger partial charge on any atom is -0.480 e. The maximum absolute atomic E-state index is 12.8. The molecule has 1 N–H and O–H groups in total. The van der Waals surface area contributed by atoms with Crippen LogP contribution in [0.25, 0.3) is 21.6 Å². The monoisotopic (exact) mass is 328 g/mol. The fraction of sp³-hybridized carbons (Fsp3) is 0.235. The Balaban J connectivity index is 2.36. The summed E-state index contributed by atoms with van der Waals surface area (Å²) in [5, 5.41) is 9.66. The molecule has 0 aliphatic heterocycles. The Hall–Kier alpha value is -2.47. The maximum atomic E-state index is 12.8. The van der Waals surface area contributed by atoms with Gasteiger partial charge < -0.3 is 5.11 Å². The largest absolute Gasteiger partial charge is 0.480 e. The Morgan fingerprint density at radius 1 is 1.35 bits per heavy atom. The summed E-state index contributed by atoms with van der Waals surface area (Å²) in [5.41, 5.74) is 1.43. The van der Waals surface area contributed by atoms with Crippen LogP contribution in [0.3, 0.4) is 0 Å². The highest BCUT2D eigenvalue weighted by atomic mass is 32.1. The maximum Gasteiger partial charge on any atom is 0.323 e. The van der Waals surface area contributed by atoms with Crippen LogP contribution in [-0.4, -0.2) is 20.6 Å². The van der Waals surface area contributed by atoms with E-state index in [1.165, 1.54) is 15.9 Å². The molecule has 2 heterocycles. The first kappa shape index (κ1) is 15.4. The number of aryl methyl sites for hydroxylation is 2. The average Bonchev–Trinajstić information content (AvgIpc) is 2.94. The Morgan fingerprint density at radius 3 is 2.74 bits per heavy atom. The molecule has 6 heteroatoms. The summed E-state index contributed by atoms with van der Waals surface area (Å²) in [6.45, 7) is 3.54. The lowest BCUT2D eigenvalue weighted by molar-refractivity contribution is -0.137. The minimum atomic E-state index is -1.06. The molecule has 3 rings (SSSR count). The number of nitrogens with zero attached hydrogens (tertiary/aromatic N) is 2. The second-order valence-corrected chi connectivity index (χ2v) is 6.44. The highest BCUT2D eigenvalue weighted by Crippen LogP contribution is 2.26. The molecule has 0 spiro atoms. The fourth-order valence-electron chi connectivity index (χ4n) is 2.55. The standard InChI is InChI=1S/C17H16N2O3S/c1-3-11-8-13-16(23-11)18-15(12-7-5-4-6-10(12)2)19(17(13)22)9-14(20)21/h4-8H,3,9H2,1-2H3,(H,20,21). The van der Waals surface area contributed by atoms with Gasteiger partial charge in [0.2, 0.25) is 0 Å². The van der Waals surface area contributed by atoms with E-state index < -0.39 is 12.5 Å². The van der Waals surface area contributed by atoms with Crippen molar-refractivity contribution >= 4 is 27.5 Å². The van der Waals surface area contributed by atoms with E-state index in [1.807, 2.05) is 44.2 Å². The van der Waals surface area contributed by atoms with Gasteiger partial charge in [0.15, 0.2) is 0 Å². The molecule has 0 aliphatic carbocycles. The molecule has 0 saturated heterocycles. The molecule has 0 aliphatic rings. The van der Waals surface area contributed by atoms with Crippen molar-refractivity contribution in [2.45, 2.75) is 26.8 Å². The Bertz CT molecular complexity index is 956. The molecule has 3 aromatic rings. The van der Waals surface area contributed by atoms with E-state index in [0.717, 1.165) is 22.4 Å². The topological polar surface area (TPSA) is 72.2 Å². The SMILES string of the molecule is CCc1cc2c(=O)n(CC(=O)O)c(-c3ccccc3C)nc2s1. The molecule has 1 aromatic carbocycles. The number of hydrogen-bond donors (Lipinski definition) is 1. The quantitative estimate of drug-likeness (QED) is 0.799. The van der Waals surface area contributed by atoms with Gasteiger partial charge in [-0.25, -0.2) is 4.98 Å². The summed E-state index contributed by atoms with van der Waals surface area (Å²) in [6, 6.07) is 9.35. The third-order valence-electron chi connectivity index (χ3n) is 3.73. The second kappa shape index (κ2) is 5.96. The number of carbonyl (C=O) groups is 1. The predicted molar refractivity (Wildman–Crippen MR) is 91.1 cm³/mol. The van der Waals surface area contributed by atoms with E-state index in [-0.39, 0.29) is 5.56 Å². The molecule has 0 fully saturated rings. The summed E-state index contributed by atoms with van der Waals surface area (Å²) < 4.78 is 1.25. The van der Waals surface area contributed by atoms with Crippen LogP contribution in [0.4, 0.5) is 0 Å². The summed E-state index contributed by atoms with van der Waals surface area (Å²) in [6.07, 6.45) is 0.819. The second-order valence-electron chi connectivity index (χ2n) is 5.32. The van der Waals surface area contributed by atoms with Gasteiger partial charge in [-0.2, -0.15) is 0 Å². The fourth-order valence-corrected chi connectivity index (χ4v) is 3.51. The Morgan fingerprint density at radius 2 is 2.09 bits per heavy atom. The molecule has 2 aromatic heterocycles. The zero-order chi connectivity index (χ0) is 16.6. The van der Waals surface area contributed by atoms with Crippen molar-refractivity contribution in [3.05, 3.63) is 51.1 Å². The summed E-state index contributed by atoms with van der Waals surface area (Å²) >= 11 is 1.48. The van der Waals surface area contributed by atoms with Gasteiger partial charge in [-0.3, -0.25) is 14.2 Å². The van der Waals surface area contributed by atoms with Gasteiger partial charge in [-0.05, 0) is 25.0 Å². The van der Waals surface area contributed by atoms with Crippen LogP contribution in [0.2, 0.25) is 0 Å². The first-order valence-electron chi connectivity index (χ1n) is 7.32. The molecular weight excluding hydrogens is 312 g/mol. The zero-order valence-electron chi connectivity index (χ0n) is 12.9. The first-order chi connectivity index (χ1) is 11.0. The van der Waals surface area contributed by atoms with E-state index in [2.05, 4.69) is 4.98 Å². The third-order valence-corrected chi connectivity index (χ3v) is 4.90. The van der Waals surface area contributed by atoms with Crippen LogP contribution in [-0.2, 0) is 17.8 Å². The lowest BCUT2D eigenvalue weighted by Crippen LogP contribution is -2.26. The van der Waals surface area contributed by atoms with E-state index in [9.17, 15) is 14.7 Å². The number of carboxylic acids is 1. The summed E-state index contributed by atoms with van der Waals surface area (Å²) in [5.74, 6) is -0.651. The van der Waals surface area contributed by atoms with Crippen molar-refractivity contribution in [3.63, 3.8) is 0 Å². The lowest BCUT2D eigenvalue weighted by Gasteiger charge is -2.12. The number of fused-ring (bicyclic) bond motifs is 1. The van der Waals surface area contributed by atoms with Crippen LogP contribution in [0.5, 0.6) is 0 Å². The molecule has 0 unspecified atom stereocenters. The Labute approximate surface area is 136 Å². The van der Waals surface area contributed by atoms with Gasteiger partial charge in [0.25, 0.3) is 5.56 Å². The van der Waals surface area contributed by atoms with Gasteiger partial charge in [-0.15, -0.1) is 11.3 Å². The van der Waals surface area contributed by atoms with Gasteiger partial charge in [0.05, 0.1) is 5.39 Å². The van der Waals surface area contributed by atoms with E-state index >= 15 is 0 Å². The molecule has 0 saturated carbocycles.